The Morgan fingerprint density at radius 3 is 2.27 bits per heavy atom. The summed E-state index contributed by atoms with van der Waals surface area (Å²) < 4.78 is 0. The van der Waals surface area contributed by atoms with Gasteiger partial charge < -0.3 is 9.69 Å². The molecule has 1 fully saturated rings. The van der Waals surface area contributed by atoms with E-state index < -0.39 is 0 Å². The van der Waals surface area contributed by atoms with Crippen LogP contribution in [0.25, 0.3) is 0 Å². The van der Waals surface area contributed by atoms with Gasteiger partial charge in [-0.1, -0.05) is 27.7 Å². The van der Waals surface area contributed by atoms with Crippen molar-refractivity contribution in [1.29, 1.82) is 0 Å². The molecular weight excluding hydrogens is 186 g/mol. The minimum atomic E-state index is -0.176. The van der Waals surface area contributed by atoms with E-state index in [1.165, 1.54) is 25.9 Å². The molecule has 0 aromatic carbocycles. The lowest BCUT2D eigenvalue weighted by Crippen LogP contribution is -2.41. The van der Waals surface area contributed by atoms with Gasteiger partial charge in [0.05, 0.1) is 0 Å². The van der Waals surface area contributed by atoms with Gasteiger partial charge in [0.25, 0.3) is 0 Å². The van der Waals surface area contributed by atoms with Crippen LogP contribution in [0.5, 0.6) is 0 Å². The van der Waals surface area contributed by atoms with Crippen molar-refractivity contribution in [3.05, 3.63) is 0 Å². The standard InChI is InChI=1S/C13H25NO/c1-11(2)12-5-7-14(8-6-12)9-13(3,4)10-15/h10-12H,5-9H2,1-4H3. The highest BCUT2D eigenvalue weighted by Gasteiger charge is 2.26. The summed E-state index contributed by atoms with van der Waals surface area (Å²) in [4.78, 5) is 13.3. The molecule has 0 atom stereocenters. The molecule has 2 nitrogen and oxygen atoms in total. The van der Waals surface area contributed by atoms with Crippen molar-refractivity contribution in [2.24, 2.45) is 17.3 Å². The highest BCUT2D eigenvalue weighted by molar-refractivity contribution is 5.58. The van der Waals surface area contributed by atoms with Gasteiger partial charge in [-0.3, -0.25) is 0 Å². The van der Waals surface area contributed by atoms with Gasteiger partial charge in [-0.05, 0) is 37.8 Å². The molecule has 0 saturated carbocycles. The van der Waals surface area contributed by atoms with E-state index in [0.717, 1.165) is 24.7 Å². The summed E-state index contributed by atoms with van der Waals surface area (Å²) in [5.74, 6) is 1.70. The van der Waals surface area contributed by atoms with Gasteiger partial charge in [0.1, 0.15) is 6.29 Å². The molecule has 0 aliphatic carbocycles. The number of rotatable bonds is 4. The summed E-state index contributed by atoms with van der Waals surface area (Å²) in [5.41, 5.74) is -0.176. The Balaban J connectivity index is 2.35. The molecule has 1 heterocycles. The van der Waals surface area contributed by atoms with E-state index in [-0.39, 0.29) is 5.41 Å². The van der Waals surface area contributed by atoms with Crippen LogP contribution in [0, 0.1) is 17.3 Å². The van der Waals surface area contributed by atoms with Gasteiger partial charge >= 0.3 is 0 Å². The van der Waals surface area contributed by atoms with Gasteiger partial charge in [0.2, 0.25) is 0 Å². The fourth-order valence-electron chi connectivity index (χ4n) is 2.39. The summed E-state index contributed by atoms with van der Waals surface area (Å²) in [5, 5.41) is 0. The molecule has 0 aromatic heterocycles. The molecule has 1 aliphatic rings. The fraction of sp³-hybridized carbons (Fsp3) is 0.923. The van der Waals surface area contributed by atoms with Crippen LogP contribution in [-0.4, -0.2) is 30.8 Å². The fourth-order valence-corrected chi connectivity index (χ4v) is 2.39. The zero-order valence-corrected chi connectivity index (χ0v) is 10.6. The number of hydrogen-bond acceptors (Lipinski definition) is 2. The van der Waals surface area contributed by atoms with Crippen LogP contribution in [0.4, 0.5) is 0 Å². The third-order valence-corrected chi connectivity index (χ3v) is 3.53. The molecule has 2 heteroatoms. The first-order valence-corrected chi connectivity index (χ1v) is 6.13. The quantitative estimate of drug-likeness (QED) is 0.666. The van der Waals surface area contributed by atoms with Crippen LogP contribution in [0.1, 0.15) is 40.5 Å². The molecule has 0 aromatic rings. The second-order valence-electron chi connectivity index (χ2n) is 5.96. The number of nitrogens with zero attached hydrogens (tertiary/aromatic N) is 1. The molecule has 0 radical (unpaired) electrons. The third kappa shape index (κ3) is 3.94. The molecule has 0 spiro atoms. The lowest BCUT2D eigenvalue weighted by molar-refractivity contribution is -0.115. The van der Waals surface area contributed by atoms with Crippen molar-refractivity contribution >= 4 is 6.29 Å². The van der Waals surface area contributed by atoms with E-state index in [0.29, 0.717) is 0 Å². The van der Waals surface area contributed by atoms with Crippen molar-refractivity contribution in [2.45, 2.75) is 40.5 Å². The number of carbonyl (C=O) groups is 1. The van der Waals surface area contributed by atoms with Gasteiger partial charge in [-0.15, -0.1) is 0 Å². The predicted octanol–water partition coefficient (Wildman–Crippen LogP) is 2.58. The average molecular weight is 211 g/mol. The summed E-state index contributed by atoms with van der Waals surface area (Å²) in [7, 11) is 0. The third-order valence-electron chi connectivity index (χ3n) is 3.53. The van der Waals surface area contributed by atoms with Crippen LogP contribution in [0.2, 0.25) is 0 Å². The van der Waals surface area contributed by atoms with Crippen molar-refractivity contribution in [2.75, 3.05) is 19.6 Å². The molecular formula is C13H25NO. The Bertz CT molecular complexity index is 203. The zero-order valence-electron chi connectivity index (χ0n) is 10.6. The molecule has 0 unspecified atom stereocenters. The Morgan fingerprint density at radius 1 is 1.33 bits per heavy atom. The molecule has 0 bridgehead atoms. The van der Waals surface area contributed by atoms with Gasteiger partial charge in [-0.25, -0.2) is 0 Å². The van der Waals surface area contributed by atoms with Crippen molar-refractivity contribution in [3.8, 4) is 0 Å². The second-order valence-corrected chi connectivity index (χ2v) is 5.96. The first-order chi connectivity index (χ1) is 6.94. The zero-order chi connectivity index (χ0) is 11.5. The SMILES string of the molecule is CC(C)C1CCN(CC(C)(C)C=O)CC1. The maximum atomic E-state index is 10.8. The summed E-state index contributed by atoms with van der Waals surface area (Å²) in [6, 6.07) is 0. The summed E-state index contributed by atoms with van der Waals surface area (Å²) in [6.45, 7) is 11.9. The van der Waals surface area contributed by atoms with E-state index in [9.17, 15) is 4.79 Å². The molecule has 1 saturated heterocycles. The second kappa shape index (κ2) is 5.11. The average Bonchev–Trinajstić information content (AvgIpc) is 2.18. The lowest BCUT2D eigenvalue weighted by Gasteiger charge is -2.36. The summed E-state index contributed by atoms with van der Waals surface area (Å²) in [6.07, 6.45) is 3.68. The Morgan fingerprint density at radius 2 is 1.87 bits per heavy atom. The maximum absolute atomic E-state index is 10.8. The maximum Gasteiger partial charge on any atom is 0.126 e. The lowest BCUT2D eigenvalue weighted by atomic mass is 9.85. The van der Waals surface area contributed by atoms with Crippen LogP contribution in [-0.2, 0) is 4.79 Å². The van der Waals surface area contributed by atoms with E-state index in [1.807, 2.05) is 13.8 Å². The Kier molecular flexibility index (Phi) is 4.32. The molecule has 88 valence electrons. The predicted molar refractivity (Wildman–Crippen MR) is 63.8 cm³/mol. The molecule has 1 aliphatic heterocycles. The van der Waals surface area contributed by atoms with Gasteiger partial charge in [-0.2, -0.15) is 0 Å². The van der Waals surface area contributed by atoms with Crippen molar-refractivity contribution in [1.82, 2.24) is 4.90 Å². The number of aldehydes is 1. The smallest absolute Gasteiger partial charge is 0.126 e. The monoisotopic (exact) mass is 211 g/mol. The van der Waals surface area contributed by atoms with E-state index in [2.05, 4.69) is 18.7 Å². The molecule has 1 rings (SSSR count). The highest BCUT2D eigenvalue weighted by atomic mass is 16.1. The highest BCUT2D eigenvalue weighted by Crippen LogP contribution is 2.26. The number of likely N-dealkylation sites (tertiary alicyclic amines) is 1. The van der Waals surface area contributed by atoms with Crippen LogP contribution >= 0.6 is 0 Å². The summed E-state index contributed by atoms with van der Waals surface area (Å²) >= 11 is 0. The molecule has 0 N–H and O–H groups in total. The topological polar surface area (TPSA) is 20.3 Å². The van der Waals surface area contributed by atoms with Gasteiger partial charge in [0, 0.05) is 12.0 Å². The largest absolute Gasteiger partial charge is 0.303 e. The van der Waals surface area contributed by atoms with E-state index >= 15 is 0 Å². The van der Waals surface area contributed by atoms with Crippen molar-refractivity contribution in [3.63, 3.8) is 0 Å². The van der Waals surface area contributed by atoms with Crippen molar-refractivity contribution < 1.29 is 4.79 Å². The Labute approximate surface area is 94.0 Å². The van der Waals surface area contributed by atoms with Crippen LogP contribution in [0.3, 0.4) is 0 Å². The normalized spacial score (nSPS) is 20.9. The van der Waals surface area contributed by atoms with Gasteiger partial charge in [0.15, 0.2) is 0 Å². The van der Waals surface area contributed by atoms with Crippen LogP contribution in [0.15, 0.2) is 0 Å². The minimum Gasteiger partial charge on any atom is -0.303 e. The van der Waals surface area contributed by atoms with E-state index in [1.54, 1.807) is 0 Å². The minimum absolute atomic E-state index is 0.176. The molecule has 0 amide bonds. The number of carbonyl (C=O) groups excluding carboxylic acids is 1. The first kappa shape index (κ1) is 12.7. The van der Waals surface area contributed by atoms with Crippen LogP contribution < -0.4 is 0 Å². The first-order valence-electron chi connectivity index (χ1n) is 6.13. The molecule has 15 heavy (non-hydrogen) atoms. The number of hydrogen-bond donors (Lipinski definition) is 0. The van der Waals surface area contributed by atoms with E-state index in [4.69, 9.17) is 0 Å². The Hall–Kier alpha value is -0.370. The number of piperidine rings is 1.